The van der Waals surface area contributed by atoms with Gasteiger partial charge >= 0.3 is 0 Å². The lowest BCUT2D eigenvalue weighted by atomic mass is 10.1. The van der Waals surface area contributed by atoms with Gasteiger partial charge in [-0.2, -0.15) is 0 Å². The Morgan fingerprint density at radius 2 is 1.46 bits per heavy atom. The van der Waals surface area contributed by atoms with Crippen molar-refractivity contribution in [3.63, 3.8) is 0 Å². The SMILES string of the molecule is CCC(Cl)CC(Cl)CC(Cl)CCCl. The van der Waals surface area contributed by atoms with Gasteiger partial charge in [0.05, 0.1) is 0 Å². The number of hydrogen-bond donors (Lipinski definition) is 0. The maximum absolute atomic E-state index is 6.07. The molecule has 0 amide bonds. The van der Waals surface area contributed by atoms with E-state index in [-0.39, 0.29) is 16.1 Å². The van der Waals surface area contributed by atoms with Gasteiger partial charge in [-0.05, 0) is 25.7 Å². The van der Waals surface area contributed by atoms with Gasteiger partial charge in [0.25, 0.3) is 0 Å². The zero-order chi connectivity index (χ0) is 10.3. The third kappa shape index (κ3) is 8.17. The van der Waals surface area contributed by atoms with Crippen LogP contribution in [0.5, 0.6) is 0 Å². The van der Waals surface area contributed by atoms with Crippen LogP contribution in [-0.2, 0) is 0 Å². The minimum Gasteiger partial charge on any atom is -0.127 e. The molecule has 0 aliphatic rings. The van der Waals surface area contributed by atoms with Crippen LogP contribution >= 0.6 is 46.4 Å². The molecule has 0 radical (unpaired) electrons. The standard InChI is InChI=1S/C9H16Cl4/c1-2-7(11)5-9(13)6-8(12)3-4-10/h7-9H,2-6H2,1H3. The Morgan fingerprint density at radius 1 is 0.923 bits per heavy atom. The average molecular weight is 266 g/mol. The van der Waals surface area contributed by atoms with Gasteiger partial charge in [-0.3, -0.25) is 0 Å². The molecule has 80 valence electrons. The molecule has 0 aliphatic carbocycles. The van der Waals surface area contributed by atoms with E-state index in [1.54, 1.807) is 0 Å². The molecule has 0 aliphatic heterocycles. The van der Waals surface area contributed by atoms with Crippen LogP contribution in [0.2, 0.25) is 0 Å². The second-order valence-electron chi connectivity index (χ2n) is 3.15. The van der Waals surface area contributed by atoms with E-state index in [9.17, 15) is 0 Å². The van der Waals surface area contributed by atoms with Gasteiger partial charge < -0.3 is 0 Å². The van der Waals surface area contributed by atoms with Gasteiger partial charge in [-0.1, -0.05) is 6.92 Å². The van der Waals surface area contributed by atoms with E-state index in [0.717, 1.165) is 25.7 Å². The van der Waals surface area contributed by atoms with Gasteiger partial charge in [0.15, 0.2) is 0 Å². The molecule has 0 aromatic carbocycles. The summed E-state index contributed by atoms with van der Waals surface area (Å²) in [5, 5.41) is 0.330. The predicted octanol–water partition coefficient (Wildman–Crippen LogP) is 4.63. The lowest BCUT2D eigenvalue weighted by Crippen LogP contribution is -2.13. The maximum atomic E-state index is 6.07. The molecule has 0 rings (SSSR count). The molecule has 0 spiro atoms. The fourth-order valence-corrected chi connectivity index (χ4v) is 2.58. The molecule has 0 aromatic rings. The van der Waals surface area contributed by atoms with Crippen molar-refractivity contribution >= 4 is 46.4 Å². The number of alkyl halides is 4. The lowest BCUT2D eigenvalue weighted by molar-refractivity contribution is 0.620. The van der Waals surface area contributed by atoms with E-state index in [1.807, 2.05) is 0 Å². The molecular formula is C9H16Cl4. The first-order chi connectivity index (χ1) is 6.10. The van der Waals surface area contributed by atoms with E-state index in [0.29, 0.717) is 5.88 Å². The van der Waals surface area contributed by atoms with Crippen molar-refractivity contribution in [2.45, 2.75) is 48.7 Å². The van der Waals surface area contributed by atoms with Crippen LogP contribution in [0.15, 0.2) is 0 Å². The second kappa shape index (κ2) is 8.47. The summed E-state index contributed by atoms with van der Waals surface area (Å²) in [6.45, 7) is 2.05. The molecule has 3 unspecified atom stereocenters. The molecule has 0 N–H and O–H groups in total. The first kappa shape index (κ1) is 14.2. The molecule has 0 saturated heterocycles. The highest BCUT2D eigenvalue weighted by molar-refractivity contribution is 6.25. The van der Waals surface area contributed by atoms with E-state index in [4.69, 9.17) is 46.4 Å². The molecule has 0 aromatic heterocycles. The fourth-order valence-electron chi connectivity index (χ4n) is 1.05. The van der Waals surface area contributed by atoms with Crippen LogP contribution in [0.1, 0.15) is 32.6 Å². The molecule has 3 atom stereocenters. The topological polar surface area (TPSA) is 0 Å². The van der Waals surface area contributed by atoms with Crippen LogP contribution in [-0.4, -0.2) is 22.0 Å². The van der Waals surface area contributed by atoms with E-state index in [1.165, 1.54) is 0 Å². The smallest absolute Gasteiger partial charge is 0.0364 e. The summed E-state index contributed by atoms with van der Waals surface area (Å²) in [5.74, 6) is 0.593. The number of rotatable bonds is 7. The zero-order valence-electron chi connectivity index (χ0n) is 7.78. The summed E-state index contributed by atoms with van der Waals surface area (Å²) in [7, 11) is 0. The quantitative estimate of drug-likeness (QED) is 0.589. The number of hydrogen-bond acceptors (Lipinski definition) is 0. The summed E-state index contributed by atoms with van der Waals surface area (Å²) >= 11 is 23.6. The fraction of sp³-hybridized carbons (Fsp3) is 1.00. The van der Waals surface area contributed by atoms with E-state index >= 15 is 0 Å². The minimum absolute atomic E-state index is 0.0770. The monoisotopic (exact) mass is 264 g/mol. The van der Waals surface area contributed by atoms with E-state index < -0.39 is 0 Å². The van der Waals surface area contributed by atoms with Gasteiger partial charge in [0.2, 0.25) is 0 Å². The highest BCUT2D eigenvalue weighted by Crippen LogP contribution is 2.21. The summed E-state index contributed by atoms with van der Waals surface area (Å²) < 4.78 is 0. The lowest BCUT2D eigenvalue weighted by Gasteiger charge is -2.15. The molecule has 0 fully saturated rings. The zero-order valence-corrected chi connectivity index (χ0v) is 10.8. The maximum Gasteiger partial charge on any atom is 0.0364 e. The van der Waals surface area contributed by atoms with Crippen LogP contribution in [0, 0.1) is 0 Å². The van der Waals surface area contributed by atoms with Crippen LogP contribution in [0.25, 0.3) is 0 Å². The molecule has 0 heterocycles. The van der Waals surface area contributed by atoms with Crippen molar-refractivity contribution < 1.29 is 0 Å². The summed E-state index contributed by atoms with van der Waals surface area (Å²) in [5.41, 5.74) is 0. The van der Waals surface area contributed by atoms with Crippen molar-refractivity contribution in [1.82, 2.24) is 0 Å². The Kier molecular flexibility index (Phi) is 9.22. The Morgan fingerprint density at radius 3 is 1.92 bits per heavy atom. The van der Waals surface area contributed by atoms with Crippen LogP contribution in [0.3, 0.4) is 0 Å². The third-order valence-electron chi connectivity index (χ3n) is 1.89. The average Bonchev–Trinajstić information content (AvgIpc) is 2.04. The summed E-state index contributed by atoms with van der Waals surface area (Å²) in [4.78, 5) is 0. The van der Waals surface area contributed by atoms with Crippen molar-refractivity contribution in [1.29, 1.82) is 0 Å². The van der Waals surface area contributed by atoms with Gasteiger partial charge in [-0.15, -0.1) is 46.4 Å². The Balaban J connectivity index is 3.54. The second-order valence-corrected chi connectivity index (χ2v) is 5.38. The molecule has 0 bridgehead atoms. The number of halogens is 4. The highest BCUT2D eigenvalue weighted by atomic mass is 35.5. The molecule has 0 saturated carbocycles. The first-order valence-corrected chi connectivity index (χ1v) is 6.42. The summed E-state index contributed by atoms with van der Waals surface area (Å²) in [6.07, 6.45) is 3.38. The normalized spacial score (nSPS) is 18.2. The van der Waals surface area contributed by atoms with Crippen molar-refractivity contribution in [3.8, 4) is 0 Å². The van der Waals surface area contributed by atoms with Gasteiger partial charge in [-0.25, -0.2) is 0 Å². The predicted molar refractivity (Wildman–Crippen MR) is 63.8 cm³/mol. The minimum atomic E-state index is 0.0770. The van der Waals surface area contributed by atoms with Crippen molar-refractivity contribution in [3.05, 3.63) is 0 Å². The Hall–Kier alpha value is 1.16. The molecule has 4 heteroatoms. The Bertz CT molecular complexity index is 118. The first-order valence-electron chi connectivity index (χ1n) is 4.58. The third-order valence-corrected chi connectivity index (χ3v) is 3.35. The van der Waals surface area contributed by atoms with Gasteiger partial charge in [0, 0.05) is 22.0 Å². The molecule has 0 nitrogen and oxygen atoms in total. The van der Waals surface area contributed by atoms with Crippen LogP contribution in [0.4, 0.5) is 0 Å². The molecule has 13 heavy (non-hydrogen) atoms. The van der Waals surface area contributed by atoms with Crippen LogP contribution < -0.4 is 0 Å². The molecular weight excluding hydrogens is 250 g/mol. The largest absolute Gasteiger partial charge is 0.127 e. The van der Waals surface area contributed by atoms with E-state index in [2.05, 4.69) is 6.92 Å². The highest BCUT2D eigenvalue weighted by Gasteiger charge is 2.15. The summed E-state index contributed by atoms with van der Waals surface area (Å²) in [6, 6.07) is 0. The Labute approximate surface area is 101 Å². The van der Waals surface area contributed by atoms with Gasteiger partial charge in [0.1, 0.15) is 0 Å². The van der Waals surface area contributed by atoms with Crippen molar-refractivity contribution in [2.24, 2.45) is 0 Å². The van der Waals surface area contributed by atoms with Crippen molar-refractivity contribution in [2.75, 3.05) is 5.88 Å².